The molecule has 0 saturated carbocycles. The standard InChI is InChI=1S/C17H16O2/c1-13-10-15(12-16(11-13)19-2)17(18)9-8-14-6-4-3-5-7-14/h3-12H,1-2H3/b9-8+. The number of benzene rings is 2. The van der Waals surface area contributed by atoms with Crippen molar-refractivity contribution in [2.75, 3.05) is 7.11 Å². The Bertz CT molecular complexity index is 598. The molecule has 0 atom stereocenters. The van der Waals surface area contributed by atoms with Crippen molar-refractivity contribution in [3.8, 4) is 5.75 Å². The Balaban J connectivity index is 2.20. The van der Waals surface area contributed by atoms with E-state index in [1.165, 1.54) is 0 Å². The lowest BCUT2D eigenvalue weighted by atomic mass is 10.1. The van der Waals surface area contributed by atoms with E-state index >= 15 is 0 Å². The van der Waals surface area contributed by atoms with Crippen LogP contribution in [0.1, 0.15) is 21.5 Å². The van der Waals surface area contributed by atoms with Crippen LogP contribution in [0.25, 0.3) is 6.08 Å². The van der Waals surface area contributed by atoms with Crippen molar-refractivity contribution in [1.29, 1.82) is 0 Å². The van der Waals surface area contributed by atoms with E-state index in [2.05, 4.69) is 0 Å². The van der Waals surface area contributed by atoms with E-state index < -0.39 is 0 Å². The Morgan fingerprint density at radius 2 is 1.84 bits per heavy atom. The number of ether oxygens (including phenoxy) is 1. The molecular formula is C17H16O2. The summed E-state index contributed by atoms with van der Waals surface area (Å²) in [5.41, 5.74) is 2.66. The average Bonchev–Trinajstić information content (AvgIpc) is 2.45. The van der Waals surface area contributed by atoms with E-state index in [1.54, 1.807) is 19.3 Å². The van der Waals surface area contributed by atoms with Gasteiger partial charge in [-0.1, -0.05) is 36.4 Å². The van der Waals surface area contributed by atoms with Crippen molar-refractivity contribution < 1.29 is 9.53 Å². The predicted molar refractivity (Wildman–Crippen MR) is 77.5 cm³/mol. The maximum atomic E-state index is 12.1. The van der Waals surface area contributed by atoms with Gasteiger partial charge in [-0.05, 0) is 42.3 Å². The second-order valence-corrected chi connectivity index (χ2v) is 4.35. The normalized spacial score (nSPS) is 10.6. The van der Waals surface area contributed by atoms with Crippen LogP contribution in [-0.2, 0) is 0 Å². The molecule has 0 N–H and O–H groups in total. The van der Waals surface area contributed by atoms with E-state index in [-0.39, 0.29) is 5.78 Å². The number of carbonyl (C=O) groups excluding carboxylic acids is 1. The molecule has 0 saturated heterocycles. The molecule has 2 aromatic rings. The molecule has 0 fully saturated rings. The van der Waals surface area contributed by atoms with Crippen molar-refractivity contribution in [2.24, 2.45) is 0 Å². The van der Waals surface area contributed by atoms with Crippen LogP contribution in [0.4, 0.5) is 0 Å². The Morgan fingerprint density at radius 1 is 1.11 bits per heavy atom. The smallest absolute Gasteiger partial charge is 0.185 e. The van der Waals surface area contributed by atoms with E-state index in [1.807, 2.05) is 55.5 Å². The second-order valence-electron chi connectivity index (χ2n) is 4.35. The lowest BCUT2D eigenvalue weighted by Gasteiger charge is -2.04. The molecular weight excluding hydrogens is 236 g/mol. The van der Waals surface area contributed by atoms with Gasteiger partial charge in [-0.3, -0.25) is 4.79 Å². The van der Waals surface area contributed by atoms with Crippen LogP contribution in [0.2, 0.25) is 0 Å². The van der Waals surface area contributed by atoms with E-state index in [4.69, 9.17) is 4.74 Å². The molecule has 0 aliphatic heterocycles. The van der Waals surface area contributed by atoms with Gasteiger partial charge < -0.3 is 4.74 Å². The first-order valence-corrected chi connectivity index (χ1v) is 6.12. The molecule has 0 amide bonds. The Morgan fingerprint density at radius 3 is 2.53 bits per heavy atom. The average molecular weight is 252 g/mol. The Hall–Kier alpha value is -2.35. The van der Waals surface area contributed by atoms with Crippen LogP contribution in [0.15, 0.2) is 54.6 Å². The fraction of sp³-hybridized carbons (Fsp3) is 0.118. The first-order valence-electron chi connectivity index (χ1n) is 6.12. The summed E-state index contributed by atoms with van der Waals surface area (Å²) in [6.07, 6.45) is 3.40. The number of ketones is 1. The summed E-state index contributed by atoms with van der Waals surface area (Å²) in [5.74, 6) is 0.683. The lowest BCUT2D eigenvalue weighted by molar-refractivity contribution is 0.104. The van der Waals surface area contributed by atoms with E-state index in [0.717, 1.165) is 11.1 Å². The second kappa shape index (κ2) is 6.01. The SMILES string of the molecule is COc1cc(C)cc(C(=O)/C=C/c2ccccc2)c1. The molecule has 0 bridgehead atoms. The minimum Gasteiger partial charge on any atom is -0.497 e. The molecule has 0 radical (unpaired) electrons. The molecule has 0 heterocycles. The molecule has 2 nitrogen and oxygen atoms in total. The maximum absolute atomic E-state index is 12.1. The van der Waals surface area contributed by atoms with Crippen LogP contribution >= 0.6 is 0 Å². The van der Waals surface area contributed by atoms with Gasteiger partial charge in [-0.25, -0.2) is 0 Å². The summed E-state index contributed by atoms with van der Waals surface area (Å²) < 4.78 is 5.17. The third-order valence-electron chi connectivity index (χ3n) is 2.80. The summed E-state index contributed by atoms with van der Waals surface area (Å²) >= 11 is 0. The number of aryl methyl sites for hydroxylation is 1. The van der Waals surface area contributed by atoms with Gasteiger partial charge in [-0.2, -0.15) is 0 Å². The van der Waals surface area contributed by atoms with Crippen molar-refractivity contribution in [2.45, 2.75) is 6.92 Å². The van der Waals surface area contributed by atoms with Gasteiger partial charge >= 0.3 is 0 Å². The van der Waals surface area contributed by atoms with Crippen LogP contribution in [0.3, 0.4) is 0 Å². The molecule has 0 spiro atoms. The molecule has 0 aromatic heterocycles. The zero-order valence-corrected chi connectivity index (χ0v) is 11.1. The zero-order valence-electron chi connectivity index (χ0n) is 11.1. The highest BCUT2D eigenvalue weighted by molar-refractivity contribution is 6.07. The van der Waals surface area contributed by atoms with Crippen molar-refractivity contribution in [3.05, 3.63) is 71.3 Å². The van der Waals surface area contributed by atoms with Gasteiger partial charge in [0.1, 0.15) is 5.75 Å². The van der Waals surface area contributed by atoms with Gasteiger partial charge in [-0.15, -0.1) is 0 Å². The molecule has 2 aromatic carbocycles. The van der Waals surface area contributed by atoms with Crippen molar-refractivity contribution >= 4 is 11.9 Å². The van der Waals surface area contributed by atoms with Crippen LogP contribution < -0.4 is 4.74 Å². The topological polar surface area (TPSA) is 26.3 Å². The predicted octanol–water partition coefficient (Wildman–Crippen LogP) is 3.90. The quantitative estimate of drug-likeness (QED) is 0.609. The number of allylic oxidation sites excluding steroid dienone is 1. The van der Waals surface area contributed by atoms with Crippen LogP contribution in [0.5, 0.6) is 5.75 Å². The highest BCUT2D eigenvalue weighted by Crippen LogP contribution is 2.17. The minimum absolute atomic E-state index is 0.0224. The molecule has 2 heteroatoms. The monoisotopic (exact) mass is 252 g/mol. The van der Waals surface area contributed by atoms with Gasteiger partial charge in [0.25, 0.3) is 0 Å². The summed E-state index contributed by atoms with van der Waals surface area (Å²) in [4.78, 5) is 12.1. The van der Waals surface area contributed by atoms with Crippen LogP contribution in [0, 0.1) is 6.92 Å². The number of carbonyl (C=O) groups is 1. The summed E-state index contributed by atoms with van der Waals surface area (Å²) in [6, 6.07) is 15.3. The lowest BCUT2D eigenvalue weighted by Crippen LogP contribution is -1.96. The molecule has 2 rings (SSSR count). The van der Waals surface area contributed by atoms with Crippen molar-refractivity contribution in [1.82, 2.24) is 0 Å². The minimum atomic E-state index is -0.0224. The van der Waals surface area contributed by atoms with Crippen LogP contribution in [-0.4, -0.2) is 12.9 Å². The Kier molecular flexibility index (Phi) is 4.14. The van der Waals surface area contributed by atoms with Gasteiger partial charge in [0.15, 0.2) is 5.78 Å². The molecule has 19 heavy (non-hydrogen) atoms. The highest BCUT2D eigenvalue weighted by Gasteiger charge is 2.04. The highest BCUT2D eigenvalue weighted by atomic mass is 16.5. The number of rotatable bonds is 4. The largest absolute Gasteiger partial charge is 0.497 e. The van der Waals surface area contributed by atoms with E-state index in [0.29, 0.717) is 11.3 Å². The molecule has 96 valence electrons. The summed E-state index contributed by atoms with van der Waals surface area (Å²) in [6.45, 7) is 1.94. The molecule has 0 aliphatic rings. The van der Waals surface area contributed by atoms with Crippen molar-refractivity contribution in [3.63, 3.8) is 0 Å². The molecule has 0 aliphatic carbocycles. The number of hydrogen-bond acceptors (Lipinski definition) is 2. The maximum Gasteiger partial charge on any atom is 0.185 e. The van der Waals surface area contributed by atoms with Gasteiger partial charge in [0.2, 0.25) is 0 Å². The van der Waals surface area contributed by atoms with E-state index in [9.17, 15) is 4.79 Å². The summed E-state index contributed by atoms with van der Waals surface area (Å²) in [7, 11) is 1.60. The third kappa shape index (κ3) is 3.55. The van der Waals surface area contributed by atoms with Gasteiger partial charge in [0, 0.05) is 5.56 Å². The van der Waals surface area contributed by atoms with Gasteiger partial charge in [0.05, 0.1) is 7.11 Å². The fourth-order valence-corrected chi connectivity index (χ4v) is 1.84. The summed E-state index contributed by atoms with van der Waals surface area (Å²) in [5, 5.41) is 0. The first kappa shape index (κ1) is 13.1. The first-order chi connectivity index (χ1) is 9.19. The Labute approximate surface area is 113 Å². The molecule has 0 unspecified atom stereocenters. The number of hydrogen-bond donors (Lipinski definition) is 0. The third-order valence-corrected chi connectivity index (χ3v) is 2.80. The zero-order chi connectivity index (χ0) is 13.7. The fourth-order valence-electron chi connectivity index (χ4n) is 1.84. The number of methoxy groups -OCH3 is 1.